The highest BCUT2D eigenvalue weighted by atomic mass is 32.1. The van der Waals surface area contributed by atoms with Gasteiger partial charge in [0.1, 0.15) is 0 Å². The van der Waals surface area contributed by atoms with Crippen LogP contribution in [0.3, 0.4) is 0 Å². The highest BCUT2D eigenvalue weighted by molar-refractivity contribution is 7.73. The minimum atomic E-state index is 0.634. The summed E-state index contributed by atoms with van der Waals surface area (Å²) in [5.74, 6) is 0. The first-order valence-corrected chi connectivity index (χ1v) is 8.04. The van der Waals surface area contributed by atoms with E-state index in [0.717, 1.165) is 5.56 Å². The Labute approximate surface area is 136 Å². The zero-order valence-corrected chi connectivity index (χ0v) is 13.1. The molecular weight excluding hydrogens is 310 g/mol. The number of hydrogen-bond acceptors (Lipinski definition) is 4. The highest BCUT2D eigenvalue weighted by Crippen LogP contribution is 2.28. The van der Waals surface area contributed by atoms with Crippen LogP contribution in [-0.4, -0.2) is 16.4 Å². The number of rotatable bonds is 2. The minimum absolute atomic E-state index is 0.634. The standard InChI is InChI=1S/C17H11N3S2/c21-17-20-19-16(22-17)18-10-15-13-7-3-1-5-11(13)9-12-6-2-4-8-14(12)15/h1-10H,(H,20,21)/b18-10+. The third kappa shape index (κ3) is 2.34. The summed E-state index contributed by atoms with van der Waals surface area (Å²) in [6.07, 6.45) is 1.88. The average Bonchev–Trinajstić information content (AvgIpc) is 2.97. The Bertz CT molecular complexity index is 1010. The number of fused-ring (bicyclic) bond motifs is 2. The lowest BCUT2D eigenvalue weighted by Crippen LogP contribution is -1.88. The van der Waals surface area contributed by atoms with Crippen molar-refractivity contribution in [1.82, 2.24) is 10.2 Å². The number of hydrogen-bond donors (Lipinski definition) is 1. The molecule has 1 aromatic heterocycles. The molecule has 0 bridgehead atoms. The molecule has 0 saturated heterocycles. The molecule has 0 saturated carbocycles. The van der Waals surface area contributed by atoms with E-state index in [0.29, 0.717) is 9.09 Å². The minimum Gasteiger partial charge on any atom is -0.256 e. The third-order valence-electron chi connectivity index (χ3n) is 3.54. The van der Waals surface area contributed by atoms with Crippen molar-refractivity contribution in [3.63, 3.8) is 0 Å². The molecule has 0 atom stereocenters. The van der Waals surface area contributed by atoms with Gasteiger partial charge in [0.25, 0.3) is 0 Å². The fraction of sp³-hybridized carbons (Fsp3) is 0. The third-order valence-corrected chi connectivity index (χ3v) is 4.54. The van der Waals surface area contributed by atoms with Crippen molar-refractivity contribution in [2.45, 2.75) is 0 Å². The lowest BCUT2D eigenvalue weighted by molar-refractivity contribution is 1.07. The molecule has 0 spiro atoms. The Balaban J connectivity index is 1.99. The van der Waals surface area contributed by atoms with Crippen LogP contribution in [0, 0.1) is 3.95 Å². The van der Waals surface area contributed by atoms with Crippen molar-refractivity contribution in [1.29, 1.82) is 0 Å². The SMILES string of the molecule is S=c1[nH]nc(/N=C/c2c3ccccc3cc3ccccc23)s1. The molecule has 0 aliphatic carbocycles. The van der Waals surface area contributed by atoms with Crippen LogP contribution in [0.15, 0.2) is 59.6 Å². The van der Waals surface area contributed by atoms with Crippen LogP contribution in [0.25, 0.3) is 21.5 Å². The summed E-state index contributed by atoms with van der Waals surface area (Å²) < 4.78 is 0.634. The Kier molecular flexibility index (Phi) is 3.29. The van der Waals surface area contributed by atoms with Crippen molar-refractivity contribution in [2.24, 2.45) is 4.99 Å². The van der Waals surface area contributed by atoms with Gasteiger partial charge in [-0.05, 0) is 39.8 Å². The predicted molar refractivity (Wildman–Crippen MR) is 96.0 cm³/mol. The number of benzene rings is 3. The number of aromatic amines is 1. The largest absolute Gasteiger partial charge is 0.256 e. The molecule has 3 nitrogen and oxygen atoms in total. The molecule has 1 N–H and O–H groups in total. The maximum absolute atomic E-state index is 5.04. The molecule has 4 aromatic rings. The van der Waals surface area contributed by atoms with Crippen molar-refractivity contribution in [2.75, 3.05) is 0 Å². The number of aromatic nitrogens is 2. The van der Waals surface area contributed by atoms with E-state index in [1.165, 1.54) is 32.9 Å². The van der Waals surface area contributed by atoms with Crippen molar-refractivity contribution >= 4 is 56.4 Å². The van der Waals surface area contributed by atoms with E-state index < -0.39 is 0 Å². The smallest absolute Gasteiger partial charge is 0.230 e. The summed E-state index contributed by atoms with van der Waals surface area (Å²) in [7, 11) is 0. The van der Waals surface area contributed by atoms with Crippen LogP contribution in [-0.2, 0) is 0 Å². The fourth-order valence-corrected chi connectivity index (χ4v) is 3.31. The second-order valence-electron chi connectivity index (χ2n) is 4.89. The van der Waals surface area contributed by atoms with Gasteiger partial charge >= 0.3 is 0 Å². The second kappa shape index (κ2) is 5.44. The first-order chi connectivity index (χ1) is 10.8. The van der Waals surface area contributed by atoms with Gasteiger partial charge in [0.15, 0.2) is 3.95 Å². The number of aliphatic imine (C=N–C) groups is 1. The fourth-order valence-electron chi connectivity index (χ4n) is 2.59. The van der Waals surface area contributed by atoms with Gasteiger partial charge in [0.2, 0.25) is 5.13 Å². The molecule has 0 aliphatic rings. The summed E-state index contributed by atoms with van der Waals surface area (Å²) in [6.45, 7) is 0. The summed E-state index contributed by atoms with van der Waals surface area (Å²) in [5.41, 5.74) is 1.11. The van der Waals surface area contributed by atoms with Crippen LogP contribution in [0.5, 0.6) is 0 Å². The quantitative estimate of drug-likeness (QED) is 0.311. The molecule has 5 heteroatoms. The van der Waals surface area contributed by atoms with Gasteiger partial charge < -0.3 is 0 Å². The molecule has 0 fully saturated rings. The van der Waals surface area contributed by atoms with Crippen molar-refractivity contribution in [3.05, 3.63) is 64.1 Å². The topological polar surface area (TPSA) is 41.0 Å². The van der Waals surface area contributed by atoms with Crippen molar-refractivity contribution in [3.8, 4) is 0 Å². The molecule has 0 aliphatic heterocycles. The maximum Gasteiger partial charge on any atom is 0.230 e. The number of H-pyrrole nitrogens is 1. The second-order valence-corrected chi connectivity index (χ2v) is 6.53. The van der Waals surface area contributed by atoms with E-state index in [4.69, 9.17) is 12.2 Å². The van der Waals surface area contributed by atoms with Crippen molar-refractivity contribution < 1.29 is 0 Å². The van der Waals surface area contributed by atoms with Crippen LogP contribution in [0.1, 0.15) is 5.56 Å². The van der Waals surface area contributed by atoms with Gasteiger partial charge in [-0.25, -0.2) is 4.99 Å². The van der Waals surface area contributed by atoms with E-state index in [-0.39, 0.29) is 0 Å². The summed E-state index contributed by atoms with van der Waals surface area (Å²) in [6, 6.07) is 18.9. The monoisotopic (exact) mass is 321 g/mol. The van der Waals surface area contributed by atoms with Gasteiger partial charge in [-0.2, -0.15) is 0 Å². The van der Waals surface area contributed by atoms with Gasteiger partial charge in [0, 0.05) is 11.8 Å². The molecule has 0 amide bonds. The Hall–Kier alpha value is -2.37. The predicted octanol–water partition coefficient (Wildman–Crippen LogP) is 5.26. The van der Waals surface area contributed by atoms with Crippen LogP contribution in [0.2, 0.25) is 0 Å². The zero-order valence-electron chi connectivity index (χ0n) is 11.5. The van der Waals surface area contributed by atoms with Crippen LogP contribution in [0.4, 0.5) is 5.13 Å². The van der Waals surface area contributed by atoms with Gasteiger partial charge in [0.05, 0.1) is 0 Å². The number of nitrogens with one attached hydrogen (secondary N) is 1. The summed E-state index contributed by atoms with van der Waals surface area (Å²) in [5, 5.41) is 12.3. The molecule has 1 heterocycles. The molecule has 0 radical (unpaired) electrons. The normalized spacial score (nSPS) is 11.6. The van der Waals surface area contributed by atoms with E-state index in [1.54, 1.807) is 0 Å². The molecule has 22 heavy (non-hydrogen) atoms. The zero-order chi connectivity index (χ0) is 14.9. The van der Waals surface area contributed by atoms with Gasteiger partial charge in [-0.3, -0.25) is 5.10 Å². The lowest BCUT2D eigenvalue weighted by atomic mass is 9.97. The average molecular weight is 321 g/mol. The highest BCUT2D eigenvalue weighted by Gasteiger charge is 2.05. The summed E-state index contributed by atoms with van der Waals surface area (Å²) in [4.78, 5) is 4.48. The first-order valence-electron chi connectivity index (χ1n) is 6.81. The van der Waals surface area contributed by atoms with Gasteiger partial charge in [-0.1, -0.05) is 59.9 Å². The molecule has 0 unspecified atom stereocenters. The first kappa shape index (κ1) is 13.3. The summed E-state index contributed by atoms with van der Waals surface area (Å²) >= 11 is 6.41. The van der Waals surface area contributed by atoms with Crippen LogP contribution >= 0.6 is 23.6 Å². The lowest BCUT2D eigenvalue weighted by Gasteiger charge is -2.07. The number of nitrogens with zero attached hydrogens (tertiary/aromatic N) is 2. The van der Waals surface area contributed by atoms with E-state index >= 15 is 0 Å². The Morgan fingerprint density at radius 1 is 1.00 bits per heavy atom. The molecule has 3 aromatic carbocycles. The van der Waals surface area contributed by atoms with E-state index in [2.05, 4.69) is 57.7 Å². The Morgan fingerprint density at radius 3 is 2.23 bits per heavy atom. The maximum atomic E-state index is 5.04. The Morgan fingerprint density at radius 2 is 1.64 bits per heavy atom. The van der Waals surface area contributed by atoms with E-state index in [1.807, 2.05) is 18.3 Å². The molecule has 106 valence electrons. The van der Waals surface area contributed by atoms with Gasteiger partial charge in [-0.15, -0.1) is 5.10 Å². The van der Waals surface area contributed by atoms with E-state index in [9.17, 15) is 0 Å². The molecule has 4 rings (SSSR count). The molecular formula is C17H11N3S2. The van der Waals surface area contributed by atoms with Crippen LogP contribution < -0.4 is 0 Å².